The third kappa shape index (κ3) is 7.48. The molecule has 0 saturated carbocycles. The SMILES string of the molecule is Cn1c(C(=O)NCC(=O)NCC(CCCN2CCC(c3ccccc3F)CC2)(c2ccccc2)c2ccccc2)cc2cc(Cl)ccc21. The van der Waals surface area contributed by atoms with Gasteiger partial charge in [0.25, 0.3) is 5.91 Å². The van der Waals surface area contributed by atoms with Crippen LogP contribution in [0.5, 0.6) is 0 Å². The second kappa shape index (κ2) is 15.2. The maximum absolute atomic E-state index is 14.4. The summed E-state index contributed by atoms with van der Waals surface area (Å²) in [5.41, 5.74) is 3.97. The van der Waals surface area contributed by atoms with Gasteiger partial charge >= 0.3 is 0 Å². The molecule has 0 atom stereocenters. The standard InChI is InChI=1S/C40H42ClFN4O2/c1-45-36-18-17-33(41)25-30(36)26-37(45)39(48)43-27-38(47)44-28-40(31-11-4-2-5-12-31,32-13-6-3-7-14-32)21-10-22-46-23-19-29(20-24-46)34-15-8-9-16-35(34)42/h2-9,11-18,25-26,29H,10,19-24,27-28H2,1H3,(H,43,48)(H,44,47). The number of carbonyl (C=O) groups is 2. The van der Waals surface area contributed by atoms with Crippen molar-refractivity contribution in [3.63, 3.8) is 0 Å². The molecule has 2 amide bonds. The van der Waals surface area contributed by atoms with E-state index in [-0.39, 0.29) is 30.1 Å². The zero-order chi connectivity index (χ0) is 33.5. The Balaban J connectivity index is 1.12. The maximum atomic E-state index is 14.4. The number of halogens is 2. The summed E-state index contributed by atoms with van der Waals surface area (Å²) in [4.78, 5) is 28.9. The normalized spacial score (nSPS) is 14.2. The highest BCUT2D eigenvalue weighted by molar-refractivity contribution is 6.31. The first-order valence-electron chi connectivity index (χ1n) is 16.7. The van der Waals surface area contributed by atoms with E-state index < -0.39 is 5.41 Å². The van der Waals surface area contributed by atoms with Crippen molar-refractivity contribution < 1.29 is 14.0 Å². The number of amides is 2. The smallest absolute Gasteiger partial charge is 0.268 e. The van der Waals surface area contributed by atoms with Crippen molar-refractivity contribution in [2.24, 2.45) is 7.05 Å². The number of carbonyl (C=O) groups excluding carboxylic acids is 2. The Hall–Kier alpha value is -4.46. The lowest BCUT2D eigenvalue weighted by Crippen LogP contribution is -2.45. The van der Waals surface area contributed by atoms with Gasteiger partial charge in [-0.15, -0.1) is 0 Å². The third-order valence-electron chi connectivity index (χ3n) is 9.90. The van der Waals surface area contributed by atoms with Gasteiger partial charge in [0.15, 0.2) is 0 Å². The second-order valence-electron chi connectivity index (χ2n) is 12.8. The monoisotopic (exact) mass is 664 g/mol. The Bertz CT molecular complexity index is 1810. The molecular formula is C40H42ClFN4O2. The summed E-state index contributed by atoms with van der Waals surface area (Å²) >= 11 is 6.15. The summed E-state index contributed by atoms with van der Waals surface area (Å²) in [5, 5.41) is 7.43. The molecule has 1 aliphatic heterocycles. The van der Waals surface area contributed by atoms with E-state index in [0.717, 1.165) is 72.9 Å². The molecule has 1 aromatic heterocycles. The number of nitrogens with one attached hydrogen (secondary N) is 2. The molecule has 0 spiro atoms. The zero-order valence-electron chi connectivity index (χ0n) is 27.3. The van der Waals surface area contributed by atoms with Crippen LogP contribution in [-0.2, 0) is 17.3 Å². The van der Waals surface area contributed by atoms with Gasteiger partial charge in [0.2, 0.25) is 5.91 Å². The first-order chi connectivity index (χ1) is 23.3. The van der Waals surface area contributed by atoms with Crippen LogP contribution < -0.4 is 10.6 Å². The van der Waals surface area contributed by atoms with Gasteiger partial charge in [-0.1, -0.05) is 90.5 Å². The number of aryl methyl sites for hydroxylation is 1. The highest BCUT2D eigenvalue weighted by Gasteiger charge is 2.35. The van der Waals surface area contributed by atoms with E-state index in [2.05, 4.69) is 39.8 Å². The number of likely N-dealkylation sites (tertiary alicyclic amines) is 1. The number of fused-ring (bicyclic) bond motifs is 1. The lowest BCUT2D eigenvalue weighted by Gasteiger charge is -2.37. The number of benzene rings is 4. The third-order valence-corrected chi connectivity index (χ3v) is 10.1. The van der Waals surface area contributed by atoms with Crippen LogP contribution in [0.1, 0.15) is 58.8 Å². The highest BCUT2D eigenvalue weighted by atomic mass is 35.5. The van der Waals surface area contributed by atoms with E-state index in [1.807, 2.05) is 67.7 Å². The van der Waals surface area contributed by atoms with Crippen LogP contribution in [0.15, 0.2) is 109 Å². The van der Waals surface area contributed by atoms with E-state index in [1.165, 1.54) is 0 Å². The van der Waals surface area contributed by atoms with Crippen molar-refractivity contribution in [1.82, 2.24) is 20.1 Å². The van der Waals surface area contributed by atoms with Gasteiger partial charge in [-0.3, -0.25) is 9.59 Å². The summed E-state index contributed by atoms with van der Waals surface area (Å²) in [6, 6.07) is 35.1. The molecule has 6 rings (SSSR count). The molecule has 248 valence electrons. The van der Waals surface area contributed by atoms with Crippen LogP contribution in [-0.4, -0.2) is 54.0 Å². The number of hydrogen-bond acceptors (Lipinski definition) is 3. The molecule has 5 aromatic rings. The minimum Gasteiger partial charge on any atom is -0.353 e. The Morgan fingerprint density at radius 1 is 0.854 bits per heavy atom. The molecule has 2 heterocycles. The van der Waals surface area contributed by atoms with Gasteiger partial charge in [0, 0.05) is 34.9 Å². The quantitative estimate of drug-likeness (QED) is 0.146. The van der Waals surface area contributed by atoms with E-state index in [1.54, 1.807) is 28.8 Å². The molecule has 1 fully saturated rings. The zero-order valence-corrected chi connectivity index (χ0v) is 28.1. The minimum absolute atomic E-state index is 0.105. The van der Waals surface area contributed by atoms with Crippen LogP contribution in [0.4, 0.5) is 4.39 Å². The number of nitrogens with zero attached hydrogens (tertiary/aromatic N) is 2. The van der Waals surface area contributed by atoms with Crippen molar-refractivity contribution in [2.45, 2.75) is 37.0 Å². The number of aromatic nitrogens is 1. The molecule has 1 saturated heterocycles. The lowest BCUT2D eigenvalue weighted by molar-refractivity contribution is -0.120. The fraction of sp³-hybridized carbons (Fsp3) is 0.300. The molecule has 6 nitrogen and oxygen atoms in total. The second-order valence-corrected chi connectivity index (χ2v) is 13.2. The van der Waals surface area contributed by atoms with Gasteiger partial charge in [0.05, 0.1) is 6.54 Å². The van der Waals surface area contributed by atoms with Crippen LogP contribution >= 0.6 is 11.6 Å². The molecule has 8 heteroatoms. The average Bonchev–Trinajstić information content (AvgIpc) is 3.45. The predicted molar refractivity (Wildman–Crippen MR) is 191 cm³/mol. The summed E-state index contributed by atoms with van der Waals surface area (Å²) in [7, 11) is 1.82. The van der Waals surface area contributed by atoms with Crippen molar-refractivity contribution in [3.05, 3.63) is 142 Å². The Kier molecular flexibility index (Phi) is 10.6. The first-order valence-corrected chi connectivity index (χ1v) is 17.1. The highest BCUT2D eigenvalue weighted by Crippen LogP contribution is 2.37. The fourth-order valence-corrected chi connectivity index (χ4v) is 7.42. The van der Waals surface area contributed by atoms with Crippen molar-refractivity contribution in [2.75, 3.05) is 32.7 Å². The molecule has 0 bridgehead atoms. The van der Waals surface area contributed by atoms with Crippen molar-refractivity contribution in [1.29, 1.82) is 0 Å². The van der Waals surface area contributed by atoms with E-state index in [9.17, 15) is 14.0 Å². The first kappa shape index (κ1) is 33.4. The lowest BCUT2D eigenvalue weighted by atomic mass is 9.71. The molecule has 0 unspecified atom stereocenters. The van der Waals surface area contributed by atoms with E-state index >= 15 is 0 Å². The number of rotatable bonds is 12. The largest absolute Gasteiger partial charge is 0.353 e. The summed E-state index contributed by atoms with van der Waals surface area (Å²) in [6.45, 7) is 3.03. The van der Waals surface area contributed by atoms with E-state index in [0.29, 0.717) is 17.3 Å². The molecule has 2 N–H and O–H groups in total. The van der Waals surface area contributed by atoms with Crippen LogP contribution in [0, 0.1) is 5.82 Å². The molecule has 4 aromatic carbocycles. The van der Waals surface area contributed by atoms with Gasteiger partial charge in [-0.2, -0.15) is 0 Å². The molecular weight excluding hydrogens is 623 g/mol. The van der Waals surface area contributed by atoms with Crippen LogP contribution in [0.3, 0.4) is 0 Å². The average molecular weight is 665 g/mol. The summed E-state index contributed by atoms with van der Waals surface area (Å²) < 4.78 is 16.2. The predicted octanol–water partition coefficient (Wildman–Crippen LogP) is 7.46. The van der Waals surface area contributed by atoms with Crippen LogP contribution in [0.2, 0.25) is 5.02 Å². The summed E-state index contributed by atoms with van der Waals surface area (Å²) in [5.74, 6) is -0.426. The fourth-order valence-electron chi connectivity index (χ4n) is 7.24. The number of hydrogen-bond donors (Lipinski definition) is 2. The Labute approximate surface area is 286 Å². The topological polar surface area (TPSA) is 66.4 Å². The van der Waals surface area contributed by atoms with Gasteiger partial charge < -0.3 is 20.1 Å². The van der Waals surface area contributed by atoms with Gasteiger partial charge in [-0.25, -0.2) is 4.39 Å². The van der Waals surface area contributed by atoms with Crippen LogP contribution in [0.25, 0.3) is 10.9 Å². The Morgan fingerprint density at radius 2 is 1.50 bits per heavy atom. The Morgan fingerprint density at radius 3 is 2.17 bits per heavy atom. The number of piperidine rings is 1. The molecule has 0 radical (unpaired) electrons. The summed E-state index contributed by atoms with van der Waals surface area (Å²) in [6.07, 6.45) is 3.63. The van der Waals surface area contributed by atoms with Gasteiger partial charge in [-0.05, 0) is 98.3 Å². The van der Waals surface area contributed by atoms with Crippen molar-refractivity contribution >= 4 is 34.3 Å². The molecule has 0 aliphatic carbocycles. The molecule has 1 aliphatic rings. The van der Waals surface area contributed by atoms with Gasteiger partial charge in [0.1, 0.15) is 11.5 Å². The maximum Gasteiger partial charge on any atom is 0.268 e. The minimum atomic E-state index is -0.469. The molecule has 48 heavy (non-hydrogen) atoms. The van der Waals surface area contributed by atoms with E-state index in [4.69, 9.17) is 11.6 Å². The van der Waals surface area contributed by atoms with Crippen molar-refractivity contribution in [3.8, 4) is 0 Å².